The van der Waals surface area contributed by atoms with Gasteiger partial charge in [-0.15, -0.1) is 11.3 Å². The molecule has 0 saturated heterocycles. The summed E-state index contributed by atoms with van der Waals surface area (Å²) in [5.41, 5.74) is 5.25. The Balaban J connectivity index is 2.65. The first-order chi connectivity index (χ1) is 7.63. The minimum absolute atomic E-state index is 0.114. The smallest absolute Gasteiger partial charge is 0.305 e. The molecule has 1 heterocycles. The highest BCUT2D eigenvalue weighted by Gasteiger charge is 2.18. The van der Waals surface area contributed by atoms with Crippen LogP contribution < -0.4 is 11.1 Å². The number of aliphatic carboxylic acids is 1. The van der Waals surface area contributed by atoms with E-state index in [9.17, 15) is 9.59 Å². The van der Waals surface area contributed by atoms with Gasteiger partial charge in [0.2, 0.25) is 5.91 Å². The van der Waals surface area contributed by atoms with Crippen LogP contribution in [0.25, 0.3) is 0 Å². The molecule has 5 nitrogen and oxygen atoms in total. The average Bonchev–Trinajstić information content (AvgIpc) is 2.68. The zero-order valence-electron chi connectivity index (χ0n) is 8.68. The van der Waals surface area contributed by atoms with Gasteiger partial charge >= 0.3 is 5.97 Å². The van der Waals surface area contributed by atoms with Gasteiger partial charge in [0.15, 0.2) is 0 Å². The topological polar surface area (TPSA) is 92.4 Å². The molecule has 0 radical (unpaired) electrons. The molecule has 6 heteroatoms. The summed E-state index contributed by atoms with van der Waals surface area (Å²) in [7, 11) is 0. The summed E-state index contributed by atoms with van der Waals surface area (Å²) in [5.74, 6) is -1.16. The number of hydrogen-bond acceptors (Lipinski definition) is 4. The molecule has 0 saturated carbocycles. The Morgan fingerprint density at radius 2 is 2.31 bits per heavy atom. The second-order valence-corrected chi connectivity index (χ2v) is 4.25. The molecule has 0 aromatic carbocycles. The van der Waals surface area contributed by atoms with E-state index in [2.05, 4.69) is 5.32 Å². The van der Waals surface area contributed by atoms with Crippen LogP contribution in [0.3, 0.4) is 0 Å². The van der Waals surface area contributed by atoms with Crippen LogP contribution in [0, 0.1) is 0 Å². The monoisotopic (exact) mass is 242 g/mol. The first-order valence-corrected chi connectivity index (χ1v) is 5.76. The lowest BCUT2D eigenvalue weighted by atomic mass is 10.1. The molecule has 0 fully saturated rings. The van der Waals surface area contributed by atoms with E-state index in [4.69, 9.17) is 10.8 Å². The summed E-state index contributed by atoms with van der Waals surface area (Å²) in [6.07, 6.45) is 0.0956. The van der Waals surface area contributed by atoms with Gasteiger partial charge in [0.05, 0.1) is 12.5 Å². The molecule has 4 N–H and O–H groups in total. The number of amides is 1. The highest BCUT2D eigenvalue weighted by Crippen LogP contribution is 2.21. The lowest BCUT2D eigenvalue weighted by molar-refractivity contribution is -0.137. The molecular weight excluding hydrogens is 228 g/mol. The van der Waals surface area contributed by atoms with Gasteiger partial charge in [0.1, 0.15) is 0 Å². The number of hydrogen-bond donors (Lipinski definition) is 3. The molecule has 0 aliphatic rings. The molecule has 0 aliphatic carbocycles. The molecule has 1 atom stereocenters. The predicted molar refractivity (Wildman–Crippen MR) is 61.1 cm³/mol. The van der Waals surface area contributed by atoms with Gasteiger partial charge in [-0.3, -0.25) is 9.59 Å². The third-order valence-corrected chi connectivity index (χ3v) is 2.96. The summed E-state index contributed by atoms with van der Waals surface area (Å²) < 4.78 is 0. The fraction of sp³-hybridized carbons (Fsp3) is 0.400. The van der Waals surface area contributed by atoms with Crippen LogP contribution in [0.2, 0.25) is 0 Å². The minimum atomic E-state index is -0.938. The first-order valence-electron chi connectivity index (χ1n) is 4.88. The number of rotatable bonds is 6. The quantitative estimate of drug-likeness (QED) is 0.685. The van der Waals surface area contributed by atoms with Gasteiger partial charge in [-0.1, -0.05) is 6.07 Å². The molecule has 1 aromatic rings. The molecule has 88 valence electrons. The molecule has 1 unspecified atom stereocenters. The van der Waals surface area contributed by atoms with E-state index in [0.717, 1.165) is 4.88 Å². The summed E-state index contributed by atoms with van der Waals surface area (Å²) in [6, 6.07) is 3.17. The number of nitrogens with one attached hydrogen (secondary N) is 1. The standard InChI is InChI=1S/C10H14N2O3S/c11-4-3-9(13)12-7(6-10(14)15)8-2-1-5-16-8/h1-2,5,7H,3-4,6,11H2,(H,12,13)(H,14,15). The minimum Gasteiger partial charge on any atom is -0.481 e. The number of carbonyl (C=O) groups excluding carboxylic acids is 1. The Labute approximate surface area is 97.3 Å². The van der Waals surface area contributed by atoms with E-state index in [-0.39, 0.29) is 25.3 Å². The highest BCUT2D eigenvalue weighted by molar-refractivity contribution is 7.10. The Kier molecular flexibility index (Phi) is 4.94. The molecule has 1 amide bonds. The van der Waals surface area contributed by atoms with Crippen molar-refractivity contribution in [1.29, 1.82) is 0 Å². The maximum Gasteiger partial charge on any atom is 0.305 e. The number of thiophene rings is 1. The van der Waals surface area contributed by atoms with Gasteiger partial charge in [-0.2, -0.15) is 0 Å². The molecule has 0 bridgehead atoms. The fourth-order valence-corrected chi connectivity index (χ4v) is 2.06. The summed E-state index contributed by atoms with van der Waals surface area (Å²) >= 11 is 1.42. The Hall–Kier alpha value is -1.40. The van der Waals surface area contributed by atoms with Gasteiger partial charge < -0.3 is 16.2 Å². The van der Waals surface area contributed by atoms with Crippen molar-refractivity contribution >= 4 is 23.2 Å². The van der Waals surface area contributed by atoms with Crippen LogP contribution in [0.15, 0.2) is 17.5 Å². The second kappa shape index (κ2) is 6.24. The molecular formula is C10H14N2O3S. The van der Waals surface area contributed by atoms with Crippen LogP contribution in [0.5, 0.6) is 0 Å². The number of carboxylic acid groups (broad SMARTS) is 1. The van der Waals surface area contributed by atoms with Crippen molar-refractivity contribution in [1.82, 2.24) is 5.32 Å². The van der Waals surface area contributed by atoms with E-state index < -0.39 is 12.0 Å². The van der Waals surface area contributed by atoms with E-state index in [0.29, 0.717) is 0 Å². The van der Waals surface area contributed by atoms with Crippen molar-refractivity contribution in [3.05, 3.63) is 22.4 Å². The van der Waals surface area contributed by atoms with E-state index >= 15 is 0 Å². The predicted octanol–water partition coefficient (Wildman–Crippen LogP) is 0.729. The Bertz CT molecular complexity index is 351. The van der Waals surface area contributed by atoms with Crippen molar-refractivity contribution in [2.45, 2.75) is 18.9 Å². The zero-order chi connectivity index (χ0) is 12.0. The van der Waals surface area contributed by atoms with Crippen LogP contribution in [-0.2, 0) is 9.59 Å². The summed E-state index contributed by atoms with van der Waals surface area (Å²) in [4.78, 5) is 22.9. The average molecular weight is 242 g/mol. The molecule has 1 aromatic heterocycles. The third kappa shape index (κ3) is 4.00. The van der Waals surface area contributed by atoms with Crippen molar-refractivity contribution in [3.63, 3.8) is 0 Å². The SMILES string of the molecule is NCCC(=O)NC(CC(=O)O)c1cccs1. The maximum atomic E-state index is 11.4. The van der Waals surface area contributed by atoms with Crippen LogP contribution in [0.1, 0.15) is 23.8 Å². The largest absolute Gasteiger partial charge is 0.481 e. The summed E-state index contributed by atoms with van der Waals surface area (Å²) in [5, 5.41) is 13.3. The lowest BCUT2D eigenvalue weighted by Gasteiger charge is -2.15. The van der Waals surface area contributed by atoms with E-state index in [1.165, 1.54) is 11.3 Å². The van der Waals surface area contributed by atoms with Gasteiger partial charge in [-0.25, -0.2) is 0 Å². The summed E-state index contributed by atoms with van der Waals surface area (Å²) in [6.45, 7) is 0.260. The first kappa shape index (κ1) is 12.7. The van der Waals surface area contributed by atoms with E-state index in [1.54, 1.807) is 6.07 Å². The van der Waals surface area contributed by atoms with Crippen molar-refractivity contribution in [2.75, 3.05) is 6.54 Å². The third-order valence-electron chi connectivity index (χ3n) is 1.97. The van der Waals surface area contributed by atoms with Crippen molar-refractivity contribution in [2.24, 2.45) is 5.73 Å². The van der Waals surface area contributed by atoms with E-state index in [1.807, 2.05) is 11.4 Å². The highest BCUT2D eigenvalue weighted by atomic mass is 32.1. The fourth-order valence-electron chi connectivity index (χ4n) is 1.28. The van der Waals surface area contributed by atoms with Crippen LogP contribution in [0.4, 0.5) is 0 Å². The second-order valence-electron chi connectivity index (χ2n) is 3.27. The number of carbonyl (C=O) groups is 2. The normalized spacial score (nSPS) is 12.1. The van der Waals surface area contributed by atoms with Gasteiger partial charge in [0.25, 0.3) is 0 Å². The van der Waals surface area contributed by atoms with Crippen LogP contribution in [-0.4, -0.2) is 23.5 Å². The van der Waals surface area contributed by atoms with Gasteiger partial charge in [-0.05, 0) is 11.4 Å². The number of carboxylic acids is 1. The molecule has 0 spiro atoms. The molecule has 0 aliphatic heterocycles. The van der Waals surface area contributed by atoms with Gasteiger partial charge in [0, 0.05) is 17.8 Å². The molecule has 1 rings (SSSR count). The Morgan fingerprint density at radius 1 is 1.56 bits per heavy atom. The zero-order valence-corrected chi connectivity index (χ0v) is 9.50. The van der Waals surface area contributed by atoms with Crippen molar-refractivity contribution < 1.29 is 14.7 Å². The molecule has 16 heavy (non-hydrogen) atoms. The Morgan fingerprint density at radius 3 is 2.81 bits per heavy atom. The van der Waals surface area contributed by atoms with Crippen molar-refractivity contribution in [3.8, 4) is 0 Å². The maximum absolute atomic E-state index is 11.4. The number of nitrogens with two attached hydrogens (primary N) is 1. The lowest BCUT2D eigenvalue weighted by Crippen LogP contribution is -2.30. The van der Waals surface area contributed by atoms with Crippen LogP contribution >= 0.6 is 11.3 Å².